The standard InChI is InChI=1S/C45H34N4O2/c1-47-23-24-48(31-47)35-12-10-16-39(29-35)51-40-27-34(25-36(30-40)49-44-19-7-5-17-41(44)42-18-6-8-20-45(42)49)43-28-33(21-22-46-43)32-11-9-15-38(26-32)50-37-13-3-2-4-14-37/h2-30H,31H2,1H3. The normalized spacial score (nSPS) is 12.6. The van der Waals surface area contributed by atoms with Crippen LogP contribution in [-0.4, -0.2) is 28.2 Å². The van der Waals surface area contributed by atoms with E-state index in [0.29, 0.717) is 0 Å². The highest BCUT2D eigenvalue weighted by molar-refractivity contribution is 6.09. The lowest BCUT2D eigenvalue weighted by molar-refractivity contribution is 0.480. The van der Waals surface area contributed by atoms with Crippen molar-refractivity contribution in [3.63, 3.8) is 0 Å². The molecule has 6 heteroatoms. The van der Waals surface area contributed by atoms with Gasteiger partial charge in [-0.25, -0.2) is 0 Å². The Bertz CT molecular complexity index is 2500. The van der Waals surface area contributed by atoms with Gasteiger partial charge in [0.1, 0.15) is 23.0 Å². The third-order valence-corrected chi connectivity index (χ3v) is 9.19. The van der Waals surface area contributed by atoms with E-state index < -0.39 is 0 Å². The van der Waals surface area contributed by atoms with Crippen molar-refractivity contribution in [2.45, 2.75) is 0 Å². The Hall–Kier alpha value is -6.79. The fourth-order valence-electron chi connectivity index (χ4n) is 6.81. The molecule has 0 aliphatic carbocycles. The minimum absolute atomic E-state index is 0.723. The number of anilines is 1. The minimum atomic E-state index is 0.723. The molecular formula is C45H34N4O2. The third-order valence-electron chi connectivity index (χ3n) is 9.19. The number of fused-ring (bicyclic) bond motifs is 3. The molecule has 246 valence electrons. The Kier molecular flexibility index (Phi) is 7.67. The third kappa shape index (κ3) is 6.04. The van der Waals surface area contributed by atoms with Crippen LogP contribution in [0.25, 0.3) is 49.9 Å². The highest BCUT2D eigenvalue weighted by Crippen LogP contribution is 2.38. The number of ether oxygens (including phenoxy) is 2. The Morgan fingerprint density at radius 1 is 0.490 bits per heavy atom. The number of hydrogen-bond acceptors (Lipinski definition) is 5. The Morgan fingerprint density at radius 2 is 1.12 bits per heavy atom. The average Bonchev–Trinajstić information content (AvgIpc) is 3.77. The molecule has 3 heterocycles. The highest BCUT2D eigenvalue weighted by atomic mass is 16.5. The first-order valence-electron chi connectivity index (χ1n) is 17.0. The van der Waals surface area contributed by atoms with Gasteiger partial charge in [0.25, 0.3) is 0 Å². The minimum Gasteiger partial charge on any atom is -0.457 e. The van der Waals surface area contributed by atoms with Gasteiger partial charge in [0.05, 0.1) is 29.1 Å². The predicted molar refractivity (Wildman–Crippen MR) is 207 cm³/mol. The van der Waals surface area contributed by atoms with Crippen molar-refractivity contribution < 1.29 is 9.47 Å². The Labute approximate surface area is 296 Å². The van der Waals surface area contributed by atoms with Gasteiger partial charge in [0.15, 0.2) is 0 Å². The van der Waals surface area contributed by atoms with Crippen LogP contribution in [0.4, 0.5) is 5.69 Å². The maximum absolute atomic E-state index is 6.70. The van der Waals surface area contributed by atoms with E-state index >= 15 is 0 Å². The molecular weight excluding hydrogens is 629 g/mol. The Balaban J connectivity index is 1.15. The molecule has 0 N–H and O–H groups in total. The molecule has 9 rings (SSSR count). The second kappa shape index (κ2) is 12.9. The Morgan fingerprint density at radius 3 is 1.88 bits per heavy atom. The van der Waals surface area contributed by atoms with Crippen LogP contribution in [0.2, 0.25) is 0 Å². The van der Waals surface area contributed by atoms with Crippen LogP contribution in [0, 0.1) is 0 Å². The van der Waals surface area contributed by atoms with Crippen molar-refractivity contribution in [3.05, 3.63) is 176 Å². The summed E-state index contributed by atoms with van der Waals surface area (Å²) >= 11 is 0. The van der Waals surface area contributed by atoms with Crippen LogP contribution < -0.4 is 14.4 Å². The first kappa shape index (κ1) is 30.3. The first-order chi connectivity index (χ1) is 25.1. The van der Waals surface area contributed by atoms with Gasteiger partial charge < -0.3 is 23.8 Å². The number of hydrogen-bond donors (Lipinski definition) is 0. The molecule has 1 aliphatic heterocycles. The largest absolute Gasteiger partial charge is 0.457 e. The molecule has 6 nitrogen and oxygen atoms in total. The summed E-state index contributed by atoms with van der Waals surface area (Å²) in [5.41, 5.74) is 8.19. The topological polar surface area (TPSA) is 42.8 Å². The SMILES string of the molecule is CN1C=CN(c2cccc(Oc3cc(-c4cc(-c5cccc(Oc6ccccc6)c5)ccn4)cc(-n4c5ccccc5c5ccccc54)c3)c2)C1. The number of pyridine rings is 1. The van der Waals surface area contributed by atoms with Crippen molar-refractivity contribution in [1.29, 1.82) is 0 Å². The van der Waals surface area contributed by atoms with E-state index in [1.165, 1.54) is 10.8 Å². The molecule has 8 aromatic rings. The molecule has 0 bridgehead atoms. The zero-order valence-electron chi connectivity index (χ0n) is 28.1. The fraction of sp³-hybridized carbons (Fsp3) is 0.0444. The summed E-state index contributed by atoms with van der Waals surface area (Å²) in [6.07, 6.45) is 6.03. The number of nitrogens with zero attached hydrogens (tertiary/aromatic N) is 4. The van der Waals surface area contributed by atoms with Gasteiger partial charge in [0, 0.05) is 59.8 Å². The van der Waals surface area contributed by atoms with Gasteiger partial charge >= 0.3 is 0 Å². The van der Waals surface area contributed by atoms with Gasteiger partial charge in [-0.05, 0) is 83.9 Å². The smallest absolute Gasteiger partial charge is 0.130 e. The summed E-state index contributed by atoms with van der Waals surface area (Å²) in [4.78, 5) is 9.22. The number of benzene rings is 6. The maximum Gasteiger partial charge on any atom is 0.130 e. The van der Waals surface area contributed by atoms with Crippen molar-refractivity contribution in [2.75, 3.05) is 18.6 Å². The van der Waals surface area contributed by atoms with Crippen molar-refractivity contribution >= 4 is 27.5 Å². The van der Waals surface area contributed by atoms with Gasteiger partial charge in [-0.1, -0.05) is 72.8 Å². The number of para-hydroxylation sites is 3. The molecule has 0 radical (unpaired) electrons. The summed E-state index contributed by atoms with van der Waals surface area (Å²) in [7, 11) is 2.07. The van der Waals surface area contributed by atoms with E-state index in [4.69, 9.17) is 14.5 Å². The van der Waals surface area contributed by atoms with Crippen molar-refractivity contribution in [3.8, 4) is 51.1 Å². The van der Waals surface area contributed by atoms with Gasteiger partial charge in [0.2, 0.25) is 0 Å². The lowest BCUT2D eigenvalue weighted by atomic mass is 10.0. The second-order valence-electron chi connectivity index (χ2n) is 12.7. The van der Waals surface area contributed by atoms with E-state index in [2.05, 4.69) is 131 Å². The summed E-state index contributed by atoms with van der Waals surface area (Å²) in [5.74, 6) is 3.06. The molecule has 6 aromatic carbocycles. The number of rotatable bonds is 8. The second-order valence-corrected chi connectivity index (χ2v) is 12.7. The van der Waals surface area contributed by atoms with E-state index in [1.54, 1.807) is 0 Å². The molecule has 1 aliphatic rings. The van der Waals surface area contributed by atoms with E-state index in [-0.39, 0.29) is 0 Å². The van der Waals surface area contributed by atoms with E-state index in [9.17, 15) is 0 Å². The maximum atomic E-state index is 6.70. The molecule has 0 saturated heterocycles. The highest BCUT2D eigenvalue weighted by Gasteiger charge is 2.16. The zero-order chi connectivity index (χ0) is 34.1. The van der Waals surface area contributed by atoms with Crippen molar-refractivity contribution in [1.82, 2.24) is 14.5 Å². The van der Waals surface area contributed by atoms with Crippen LogP contribution >= 0.6 is 0 Å². The molecule has 51 heavy (non-hydrogen) atoms. The predicted octanol–water partition coefficient (Wildman–Crippen LogP) is 11.3. The molecule has 0 spiro atoms. The number of aromatic nitrogens is 2. The summed E-state index contributed by atoms with van der Waals surface area (Å²) in [6, 6.07) is 53.9. The van der Waals surface area contributed by atoms with E-state index in [1.807, 2.05) is 66.9 Å². The van der Waals surface area contributed by atoms with E-state index in [0.717, 1.165) is 74.5 Å². The van der Waals surface area contributed by atoms with Gasteiger partial charge in [-0.2, -0.15) is 0 Å². The molecule has 0 saturated carbocycles. The lowest BCUT2D eigenvalue weighted by Gasteiger charge is -2.19. The molecule has 0 atom stereocenters. The molecule has 0 unspecified atom stereocenters. The molecule has 0 fully saturated rings. The van der Waals surface area contributed by atoms with Crippen LogP contribution in [0.3, 0.4) is 0 Å². The monoisotopic (exact) mass is 662 g/mol. The first-order valence-corrected chi connectivity index (χ1v) is 17.0. The lowest BCUT2D eigenvalue weighted by Crippen LogP contribution is -2.21. The van der Waals surface area contributed by atoms with Gasteiger partial charge in [-0.3, -0.25) is 4.98 Å². The molecule has 0 amide bonds. The quantitative estimate of drug-likeness (QED) is 0.162. The van der Waals surface area contributed by atoms with Crippen LogP contribution in [0.1, 0.15) is 0 Å². The zero-order valence-corrected chi connectivity index (χ0v) is 28.1. The summed E-state index contributed by atoms with van der Waals surface area (Å²) in [5, 5.41) is 2.41. The van der Waals surface area contributed by atoms with Crippen LogP contribution in [-0.2, 0) is 0 Å². The summed E-state index contributed by atoms with van der Waals surface area (Å²) < 4.78 is 15.2. The summed E-state index contributed by atoms with van der Waals surface area (Å²) in [6.45, 7) is 0.792. The molecule has 2 aromatic heterocycles. The van der Waals surface area contributed by atoms with Crippen LogP contribution in [0.5, 0.6) is 23.0 Å². The van der Waals surface area contributed by atoms with Gasteiger partial charge in [-0.15, -0.1) is 0 Å². The van der Waals surface area contributed by atoms with Crippen molar-refractivity contribution in [2.24, 2.45) is 0 Å². The average molecular weight is 663 g/mol. The fourth-order valence-corrected chi connectivity index (χ4v) is 6.81. The van der Waals surface area contributed by atoms with Crippen LogP contribution in [0.15, 0.2) is 176 Å².